The Balaban J connectivity index is 0.00000338. The van der Waals surface area contributed by atoms with Crippen molar-refractivity contribution in [1.82, 2.24) is 20.5 Å². The molecule has 1 aliphatic rings. The number of nitrogens with zero attached hydrogens (tertiary/aromatic N) is 3. The van der Waals surface area contributed by atoms with Crippen LogP contribution in [0.2, 0.25) is 0 Å². The molecular formula is C14H19ClF3N5O3. The Morgan fingerprint density at radius 2 is 2.08 bits per heavy atom. The molecule has 8 nitrogen and oxygen atoms in total. The molecule has 2 rings (SSSR count). The largest absolute Gasteiger partial charge is 0.405 e. The third kappa shape index (κ3) is 5.51. The number of pyridine rings is 1. The molecule has 0 bridgehead atoms. The minimum atomic E-state index is -4.50. The molecule has 2 heterocycles. The molecule has 12 heteroatoms. The fourth-order valence-electron chi connectivity index (χ4n) is 2.58. The lowest BCUT2D eigenvalue weighted by molar-refractivity contribution is -0.385. The van der Waals surface area contributed by atoms with Gasteiger partial charge in [0, 0.05) is 38.8 Å². The molecule has 1 atom stereocenters. The van der Waals surface area contributed by atoms with Crippen molar-refractivity contribution in [3.8, 4) is 0 Å². The summed E-state index contributed by atoms with van der Waals surface area (Å²) in [6.45, 7) is 2.14. The second-order valence-corrected chi connectivity index (χ2v) is 5.64. The summed E-state index contributed by atoms with van der Waals surface area (Å²) in [7, 11) is 0. The number of alkyl halides is 3. The zero-order valence-corrected chi connectivity index (χ0v) is 14.7. The van der Waals surface area contributed by atoms with E-state index in [2.05, 4.69) is 15.6 Å². The molecule has 0 saturated carbocycles. The molecule has 1 aliphatic heterocycles. The number of hydrogen-bond donors (Lipinski definition) is 2. The number of carbonyl (C=O) groups excluding carboxylic acids is 1. The summed E-state index contributed by atoms with van der Waals surface area (Å²) in [4.78, 5) is 27.2. The highest BCUT2D eigenvalue weighted by Gasteiger charge is 2.43. The topological polar surface area (TPSA) is 100 Å². The number of amides is 1. The average molecular weight is 398 g/mol. The number of halogens is 4. The summed E-state index contributed by atoms with van der Waals surface area (Å²) in [5.41, 5.74) is -0.311. The lowest BCUT2D eigenvalue weighted by Gasteiger charge is -2.35. The Kier molecular flexibility index (Phi) is 7.72. The van der Waals surface area contributed by atoms with E-state index >= 15 is 0 Å². The normalized spacial score (nSPS) is 16.5. The van der Waals surface area contributed by atoms with Crippen molar-refractivity contribution in [1.29, 1.82) is 0 Å². The van der Waals surface area contributed by atoms with Crippen LogP contribution in [0.25, 0.3) is 0 Å². The van der Waals surface area contributed by atoms with Gasteiger partial charge in [0.2, 0.25) is 0 Å². The van der Waals surface area contributed by atoms with E-state index in [4.69, 9.17) is 0 Å². The number of hydrogen-bond acceptors (Lipinski definition) is 6. The van der Waals surface area contributed by atoms with Gasteiger partial charge in [-0.2, -0.15) is 13.2 Å². The van der Waals surface area contributed by atoms with Gasteiger partial charge >= 0.3 is 6.18 Å². The van der Waals surface area contributed by atoms with Gasteiger partial charge < -0.3 is 10.6 Å². The van der Waals surface area contributed by atoms with Crippen molar-refractivity contribution in [2.75, 3.05) is 32.7 Å². The fraction of sp³-hybridized carbons (Fsp3) is 0.571. The number of carbonyl (C=O) groups is 1. The number of nitrogens with one attached hydrogen (secondary N) is 2. The standard InChI is InChI=1S/C14H18F3N5O3.ClH/c1-9-11(6-10(7-19-9)22(24)25)13(23)20-8-12(14(15,16)17)21-4-2-18-3-5-21;/h6-7,12,18H,2-5,8H2,1H3,(H,20,23);1H. The maximum Gasteiger partial charge on any atom is 0.405 e. The first-order valence-corrected chi connectivity index (χ1v) is 7.61. The van der Waals surface area contributed by atoms with Crippen LogP contribution in [0.5, 0.6) is 0 Å². The zero-order valence-electron chi connectivity index (χ0n) is 13.9. The van der Waals surface area contributed by atoms with E-state index in [0.717, 1.165) is 12.3 Å². The molecule has 0 spiro atoms. The van der Waals surface area contributed by atoms with E-state index in [0.29, 0.717) is 13.1 Å². The lowest BCUT2D eigenvalue weighted by atomic mass is 10.1. The Morgan fingerprint density at radius 3 is 2.62 bits per heavy atom. The molecule has 1 unspecified atom stereocenters. The minimum absolute atomic E-state index is 0. The predicted molar refractivity (Wildman–Crippen MR) is 89.5 cm³/mol. The van der Waals surface area contributed by atoms with E-state index in [9.17, 15) is 28.1 Å². The first-order chi connectivity index (χ1) is 11.7. The van der Waals surface area contributed by atoms with Gasteiger partial charge in [-0.1, -0.05) is 0 Å². The quantitative estimate of drug-likeness (QED) is 0.573. The lowest BCUT2D eigenvalue weighted by Crippen LogP contribution is -2.57. The molecule has 1 saturated heterocycles. The van der Waals surface area contributed by atoms with Crippen molar-refractivity contribution in [3.05, 3.63) is 33.6 Å². The van der Waals surface area contributed by atoms with E-state index in [1.54, 1.807) is 0 Å². The molecule has 2 N–H and O–H groups in total. The summed E-state index contributed by atoms with van der Waals surface area (Å²) in [6, 6.07) is -0.809. The number of rotatable bonds is 5. The van der Waals surface area contributed by atoms with Crippen LogP contribution in [0.1, 0.15) is 16.1 Å². The van der Waals surface area contributed by atoms with E-state index in [1.165, 1.54) is 11.8 Å². The van der Waals surface area contributed by atoms with Crippen molar-refractivity contribution in [2.45, 2.75) is 19.1 Å². The first kappa shape index (κ1) is 22.1. The number of nitro groups is 1. The van der Waals surface area contributed by atoms with Gasteiger partial charge in [0.15, 0.2) is 0 Å². The number of aromatic nitrogens is 1. The molecular weight excluding hydrogens is 379 g/mol. The molecule has 1 amide bonds. The van der Waals surface area contributed by atoms with Crippen LogP contribution in [0.4, 0.5) is 18.9 Å². The van der Waals surface area contributed by atoms with Crippen LogP contribution in [-0.2, 0) is 0 Å². The maximum absolute atomic E-state index is 13.3. The molecule has 26 heavy (non-hydrogen) atoms. The monoisotopic (exact) mass is 397 g/mol. The van der Waals surface area contributed by atoms with Crippen molar-refractivity contribution < 1.29 is 22.9 Å². The molecule has 0 aliphatic carbocycles. The predicted octanol–water partition coefficient (Wildman–Crippen LogP) is 1.29. The third-order valence-electron chi connectivity index (χ3n) is 3.95. The Morgan fingerprint density at radius 1 is 1.46 bits per heavy atom. The molecule has 1 fully saturated rings. The Labute approximate surface area is 153 Å². The highest BCUT2D eigenvalue weighted by molar-refractivity contribution is 5.95. The van der Waals surface area contributed by atoms with E-state index < -0.39 is 35.3 Å². The molecule has 0 aromatic carbocycles. The van der Waals surface area contributed by atoms with Gasteiger partial charge in [-0.25, -0.2) is 0 Å². The summed E-state index contributed by atoms with van der Waals surface area (Å²) >= 11 is 0. The smallest absolute Gasteiger partial charge is 0.350 e. The minimum Gasteiger partial charge on any atom is -0.350 e. The van der Waals surface area contributed by atoms with Gasteiger partial charge in [0.25, 0.3) is 11.6 Å². The van der Waals surface area contributed by atoms with Gasteiger partial charge in [-0.3, -0.25) is 24.8 Å². The first-order valence-electron chi connectivity index (χ1n) is 7.61. The van der Waals surface area contributed by atoms with E-state index in [1.807, 2.05) is 0 Å². The second kappa shape index (κ2) is 9.10. The zero-order chi connectivity index (χ0) is 18.6. The Bertz CT molecular complexity index is 653. The van der Waals surface area contributed by atoms with Crippen LogP contribution in [0.3, 0.4) is 0 Å². The van der Waals surface area contributed by atoms with Crippen LogP contribution in [-0.4, -0.2) is 65.7 Å². The second-order valence-electron chi connectivity index (χ2n) is 5.64. The van der Waals surface area contributed by atoms with Crippen molar-refractivity contribution in [3.63, 3.8) is 0 Å². The molecule has 146 valence electrons. The van der Waals surface area contributed by atoms with E-state index in [-0.39, 0.29) is 36.8 Å². The molecule has 0 radical (unpaired) electrons. The van der Waals surface area contributed by atoms with Gasteiger partial charge in [-0.05, 0) is 6.92 Å². The van der Waals surface area contributed by atoms with Crippen LogP contribution in [0.15, 0.2) is 12.3 Å². The van der Waals surface area contributed by atoms with Gasteiger partial charge in [0.05, 0.1) is 16.2 Å². The summed E-state index contributed by atoms with van der Waals surface area (Å²) < 4.78 is 39.9. The fourth-order valence-corrected chi connectivity index (χ4v) is 2.58. The van der Waals surface area contributed by atoms with Crippen molar-refractivity contribution >= 4 is 24.0 Å². The third-order valence-corrected chi connectivity index (χ3v) is 3.95. The van der Waals surface area contributed by atoms with Crippen LogP contribution < -0.4 is 10.6 Å². The summed E-state index contributed by atoms with van der Waals surface area (Å²) in [5, 5.41) is 16.0. The Hall–Kier alpha value is -1.98. The van der Waals surface area contributed by atoms with Gasteiger partial charge in [-0.15, -0.1) is 12.4 Å². The highest BCUT2D eigenvalue weighted by atomic mass is 35.5. The average Bonchev–Trinajstić information content (AvgIpc) is 2.54. The van der Waals surface area contributed by atoms with Crippen LogP contribution in [0, 0.1) is 17.0 Å². The summed E-state index contributed by atoms with van der Waals surface area (Å²) in [6.07, 6.45) is -3.51. The highest BCUT2D eigenvalue weighted by Crippen LogP contribution is 2.25. The number of aryl methyl sites for hydroxylation is 1. The van der Waals surface area contributed by atoms with Crippen LogP contribution >= 0.6 is 12.4 Å². The van der Waals surface area contributed by atoms with Gasteiger partial charge in [0.1, 0.15) is 12.2 Å². The SMILES string of the molecule is Cc1ncc([N+](=O)[O-])cc1C(=O)NCC(N1CCNCC1)C(F)(F)F.Cl. The van der Waals surface area contributed by atoms with Crippen molar-refractivity contribution in [2.24, 2.45) is 0 Å². The summed E-state index contributed by atoms with van der Waals surface area (Å²) in [5.74, 6) is -0.821. The maximum atomic E-state index is 13.3. The molecule has 1 aromatic rings. The molecule has 1 aromatic heterocycles. The number of piperazine rings is 1.